The van der Waals surface area contributed by atoms with Crippen molar-refractivity contribution in [1.82, 2.24) is 20.5 Å². The van der Waals surface area contributed by atoms with Crippen LogP contribution in [0, 0.1) is 13.8 Å². The number of pyridine rings is 1. The van der Waals surface area contributed by atoms with Gasteiger partial charge in [0.25, 0.3) is 5.91 Å². The SMILES string of the molecule is Cc1ccncc1CNC(=O)c1cn[nH]c1C. The van der Waals surface area contributed by atoms with Gasteiger partial charge in [-0.05, 0) is 31.0 Å². The molecule has 17 heavy (non-hydrogen) atoms. The van der Waals surface area contributed by atoms with Crippen LogP contribution in [-0.4, -0.2) is 21.1 Å². The number of rotatable bonds is 3. The Bertz CT molecular complexity index is 533. The van der Waals surface area contributed by atoms with E-state index in [1.807, 2.05) is 19.9 Å². The van der Waals surface area contributed by atoms with Crippen molar-refractivity contribution >= 4 is 5.91 Å². The summed E-state index contributed by atoms with van der Waals surface area (Å²) in [5, 5.41) is 9.40. The first-order valence-corrected chi connectivity index (χ1v) is 5.36. The molecule has 0 bridgehead atoms. The van der Waals surface area contributed by atoms with Crippen molar-refractivity contribution in [3.05, 3.63) is 47.0 Å². The van der Waals surface area contributed by atoms with E-state index in [1.54, 1.807) is 12.4 Å². The molecule has 2 heterocycles. The second-order valence-electron chi connectivity index (χ2n) is 3.89. The molecule has 0 saturated heterocycles. The Balaban J connectivity index is 2.02. The van der Waals surface area contributed by atoms with E-state index in [4.69, 9.17) is 0 Å². The van der Waals surface area contributed by atoms with Gasteiger partial charge in [-0.25, -0.2) is 0 Å². The van der Waals surface area contributed by atoms with E-state index >= 15 is 0 Å². The molecule has 0 radical (unpaired) electrons. The van der Waals surface area contributed by atoms with Gasteiger partial charge in [-0.15, -0.1) is 0 Å². The smallest absolute Gasteiger partial charge is 0.255 e. The molecule has 0 spiro atoms. The minimum absolute atomic E-state index is 0.125. The molecule has 1 amide bonds. The number of H-pyrrole nitrogens is 1. The van der Waals surface area contributed by atoms with Gasteiger partial charge in [0.1, 0.15) is 0 Å². The maximum absolute atomic E-state index is 11.8. The average molecular weight is 230 g/mol. The van der Waals surface area contributed by atoms with Crippen molar-refractivity contribution in [2.45, 2.75) is 20.4 Å². The molecule has 88 valence electrons. The van der Waals surface area contributed by atoms with Gasteiger partial charge in [-0.2, -0.15) is 5.10 Å². The second kappa shape index (κ2) is 4.78. The van der Waals surface area contributed by atoms with Gasteiger partial charge < -0.3 is 5.32 Å². The molecule has 5 nitrogen and oxygen atoms in total. The van der Waals surface area contributed by atoms with Crippen molar-refractivity contribution in [3.8, 4) is 0 Å². The summed E-state index contributed by atoms with van der Waals surface area (Å²) in [7, 11) is 0. The van der Waals surface area contributed by atoms with E-state index in [-0.39, 0.29) is 5.91 Å². The molecule has 0 aliphatic rings. The fourth-order valence-corrected chi connectivity index (χ4v) is 1.53. The number of amides is 1. The lowest BCUT2D eigenvalue weighted by Crippen LogP contribution is -2.23. The minimum atomic E-state index is -0.125. The van der Waals surface area contributed by atoms with Crippen molar-refractivity contribution in [1.29, 1.82) is 0 Å². The Hall–Kier alpha value is -2.17. The van der Waals surface area contributed by atoms with Gasteiger partial charge in [0, 0.05) is 24.6 Å². The summed E-state index contributed by atoms with van der Waals surface area (Å²) in [6, 6.07) is 1.92. The maximum Gasteiger partial charge on any atom is 0.255 e. The summed E-state index contributed by atoms with van der Waals surface area (Å²) < 4.78 is 0. The van der Waals surface area contributed by atoms with Crippen LogP contribution in [0.15, 0.2) is 24.7 Å². The largest absolute Gasteiger partial charge is 0.348 e. The molecule has 0 fully saturated rings. The summed E-state index contributed by atoms with van der Waals surface area (Å²) in [6.07, 6.45) is 5.03. The van der Waals surface area contributed by atoms with Crippen LogP contribution < -0.4 is 5.32 Å². The first-order valence-electron chi connectivity index (χ1n) is 5.36. The predicted molar refractivity (Wildman–Crippen MR) is 63.5 cm³/mol. The Morgan fingerprint density at radius 3 is 2.88 bits per heavy atom. The third-order valence-electron chi connectivity index (χ3n) is 2.66. The van der Waals surface area contributed by atoms with E-state index < -0.39 is 0 Å². The summed E-state index contributed by atoms with van der Waals surface area (Å²) in [6.45, 7) is 4.28. The van der Waals surface area contributed by atoms with Gasteiger partial charge in [0.2, 0.25) is 0 Å². The van der Waals surface area contributed by atoms with Crippen LogP contribution in [0.5, 0.6) is 0 Å². The molecule has 5 heteroatoms. The first-order chi connectivity index (χ1) is 8.18. The molecule has 0 aliphatic heterocycles. The van der Waals surface area contributed by atoms with Crippen LogP contribution in [0.3, 0.4) is 0 Å². The molecule has 0 unspecified atom stereocenters. The maximum atomic E-state index is 11.8. The predicted octanol–water partition coefficient (Wildman–Crippen LogP) is 1.35. The van der Waals surface area contributed by atoms with Gasteiger partial charge in [0.15, 0.2) is 0 Å². The zero-order valence-electron chi connectivity index (χ0n) is 9.82. The normalized spacial score (nSPS) is 10.2. The molecule has 2 aromatic rings. The Labute approximate surface area is 99.3 Å². The molecule has 2 N–H and O–H groups in total. The third-order valence-corrected chi connectivity index (χ3v) is 2.66. The van der Waals surface area contributed by atoms with Crippen LogP contribution in [0.1, 0.15) is 27.2 Å². The number of hydrogen-bond acceptors (Lipinski definition) is 3. The Morgan fingerprint density at radius 1 is 1.41 bits per heavy atom. The van der Waals surface area contributed by atoms with E-state index in [9.17, 15) is 4.79 Å². The molecule has 0 aliphatic carbocycles. The van der Waals surface area contributed by atoms with Crippen molar-refractivity contribution < 1.29 is 4.79 Å². The van der Waals surface area contributed by atoms with Crippen LogP contribution in [0.2, 0.25) is 0 Å². The van der Waals surface area contributed by atoms with Crippen molar-refractivity contribution in [2.24, 2.45) is 0 Å². The summed E-state index contributed by atoms with van der Waals surface area (Å²) in [5.41, 5.74) is 3.48. The number of nitrogens with one attached hydrogen (secondary N) is 2. The van der Waals surface area contributed by atoms with Crippen molar-refractivity contribution in [2.75, 3.05) is 0 Å². The summed E-state index contributed by atoms with van der Waals surface area (Å²) in [4.78, 5) is 15.9. The minimum Gasteiger partial charge on any atom is -0.348 e. The lowest BCUT2D eigenvalue weighted by atomic mass is 10.1. The Morgan fingerprint density at radius 2 is 2.24 bits per heavy atom. The van der Waals surface area contributed by atoms with Gasteiger partial charge in [-0.3, -0.25) is 14.9 Å². The molecule has 0 aromatic carbocycles. The molecular formula is C12H14N4O. The number of aromatic amines is 1. The van der Waals surface area contributed by atoms with Crippen LogP contribution in [0.4, 0.5) is 0 Å². The van der Waals surface area contributed by atoms with E-state index in [1.165, 1.54) is 6.20 Å². The number of hydrogen-bond donors (Lipinski definition) is 2. The highest BCUT2D eigenvalue weighted by molar-refractivity contribution is 5.94. The van der Waals surface area contributed by atoms with Gasteiger partial charge in [-0.1, -0.05) is 0 Å². The van der Waals surface area contributed by atoms with E-state index in [0.29, 0.717) is 12.1 Å². The van der Waals surface area contributed by atoms with Crippen LogP contribution in [-0.2, 0) is 6.54 Å². The summed E-state index contributed by atoms with van der Waals surface area (Å²) in [5.74, 6) is -0.125. The highest BCUT2D eigenvalue weighted by atomic mass is 16.1. The lowest BCUT2D eigenvalue weighted by Gasteiger charge is -2.06. The zero-order valence-corrected chi connectivity index (χ0v) is 9.82. The monoisotopic (exact) mass is 230 g/mol. The highest BCUT2D eigenvalue weighted by Gasteiger charge is 2.10. The number of aromatic nitrogens is 3. The fraction of sp³-hybridized carbons (Fsp3) is 0.250. The third kappa shape index (κ3) is 2.50. The molecule has 2 rings (SSSR count). The number of carbonyl (C=O) groups is 1. The zero-order chi connectivity index (χ0) is 12.3. The standard InChI is InChI=1S/C12H14N4O/c1-8-3-4-13-5-10(8)6-14-12(17)11-7-15-16-9(11)2/h3-5,7H,6H2,1-2H3,(H,14,17)(H,15,16). The van der Waals surface area contributed by atoms with Crippen LogP contribution >= 0.6 is 0 Å². The van der Waals surface area contributed by atoms with Crippen LogP contribution in [0.25, 0.3) is 0 Å². The van der Waals surface area contributed by atoms with E-state index in [2.05, 4.69) is 20.5 Å². The lowest BCUT2D eigenvalue weighted by molar-refractivity contribution is 0.0950. The molecule has 0 saturated carbocycles. The number of carbonyl (C=O) groups excluding carboxylic acids is 1. The second-order valence-corrected chi connectivity index (χ2v) is 3.89. The van der Waals surface area contributed by atoms with Gasteiger partial charge >= 0.3 is 0 Å². The average Bonchev–Trinajstić information content (AvgIpc) is 2.74. The first kappa shape index (κ1) is 11.3. The summed E-state index contributed by atoms with van der Waals surface area (Å²) >= 11 is 0. The van der Waals surface area contributed by atoms with E-state index in [0.717, 1.165) is 16.8 Å². The topological polar surface area (TPSA) is 70.7 Å². The number of nitrogens with zero attached hydrogens (tertiary/aromatic N) is 2. The molecule has 2 aromatic heterocycles. The highest BCUT2D eigenvalue weighted by Crippen LogP contribution is 2.06. The van der Waals surface area contributed by atoms with Gasteiger partial charge in [0.05, 0.1) is 11.8 Å². The molecular weight excluding hydrogens is 216 g/mol. The quantitative estimate of drug-likeness (QED) is 0.836. The number of aryl methyl sites for hydroxylation is 2. The fourth-order valence-electron chi connectivity index (χ4n) is 1.53. The Kier molecular flexibility index (Phi) is 3.18. The molecule has 0 atom stereocenters. The van der Waals surface area contributed by atoms with Crippen molar-refractivity contribution in [3.63, 3.8) is 0 Å².